The molecule has 0 saturated carbocycles. The molecule has 0 amide bonds. The van der Waals surface area contributed by atoms with E-state index < -0.39 is 0 Å². The Morgan fingerprint density at radius 2 is 1.88 bits per heavy atom. The topological polar surface area (TPSA) is 57.4 Å². The minimum atomic E-state index is -0.284. The van der Waals surface area contributed by atoms with E-state index in [4.69, 9.17) is 15.2 Å². The van der Waals surface area contributed by atoms with Gasteiger partial charge in [-0.3, -0.25) is 4.98 Å². The maximum atomic E-state index is 6.22. The van der Waals surface area contributed by atoms with Crippen molar-refractivity contribution in [3.8, 4) is 11.5 Å². The number of nitrogens with zero attached hydrogens (tertiary/aromatic N) is 1. The van der Waals surface area contributed by atoms with Crippen molar-refractivity contribution >= 4 is 11.3 Å². The van der Waals surface area contributed by atoms with Gasteiger partial charge in [-0.2, -0.15) is 0 Å². The molecule has 2 rings (SSSR count). The van der Waals surface area contributed by atoms with Crippen LogP contribution in [0.15, 0.2) is 29.9 Å². The van der Waals surface area contributed by atoms with Crippen LogP contribution in [0.5, 0.6) is 11.5 Å². The van der Waals surface area contributed by atoms with Gasteiger partial charge >= 0.3 is 0 Å². The number of aromatic nitrogens is 1. The third kappa shape index (κ3) is 2.25. The third-order valence-electron chi connectivity index (χ3n) is 2.53. The Hall–Kier alpha value is -1.59. The lowest BCUT2D eigenvalue weighted by molar-refractivity contribution is 0.382. The Morgan fingerprint density at radius 3 is 2.35 bits per heavy atom. The van der Waals surface area contributed by atoms with Gasteiger partial charge in [-0.15, -0.1) is 11.3 Å². The summed E-state index contributed by atoms with van der Waals surface area (Å²) in [6, 6.07) is 5.34. The molecule has 0 aliphatic carbocycles. The average Bonchev–Trinajstić information content (AvgIpc) is 2.90. The molecule has 0 spiro atoms. The van der Waals surface area contributed by atoms with Gasteiger partial charge in [0.15, 0.2) is 0 Å². The van der Waals surface area contributed by atoms with Gasteiger partial charge < -0.3 is 15.2 Å². The summed E-state index contributed by atoms with van der Waals surface area (Å²) in [7, 11) is 3.25. The first kappa shape index (κ1) is 11.9. The van der Waals surface area contributed by atoms with Gasteiger partial charge in [0.1, 0.15) is 11.5 Å². The summed E-state index contributed by atoms with van der Waals surface area (Å²) in [5.41, 5.74) is 8.83. The summed E-state index contributed by atoms with van der Waals surface area (Å²) in [5.74, 6) is 1.45. The lowest BCUT2D eigenvalue weighted by Gasteiger charge is -2.17. The van der Waals surface area contributed by atoms with Gasteiger partial charge in [0.25, 0.3) is 0 Å². The van der Waals surface area contributed by atoms with Crippen molar-refractivity contribution < 1.29 is 9.47 Å². The van der Waals surface area contributed by atoms with Crippen LogP contribution in [0.25, 0.3) is 0 Å². The molecule has 0 fully saturated rings. The lowest BCUT2D eigenvalue weighted by Crippen LogP contribution is -2.13. The highest BCUT2D eigenvalue weighted by atomic mass is 32.1. The van der Waals surface area contributed by atoms with E-state index in [0.717, 1.165) is 21.9 Å². The number of nitrogens with two attached hydrogens (primary N) is 1. The maximum absolute atomic E-state index is 6.22. The molecule has 4 nitrogen and oxygen atoms in total. The number of ether oxygens (including phenoxy) is 2. The smallest absolute Gasteiger partial charge is 0.127 e. The molecule has 1 aromatic heterocycles. The normalized spacial score (nSPS) is 12.2. The van der Waals surface area contributed by atoms with Gasteiger partial charge in [0.2, 0.25) is 0 Å². The number of thiazole rings is 1. The molecule has 0 saturated heterocycles. The van der Waals surface area contributed by atoms with E-state index in [1.165, 1.54) is 11.3 Å². The summed E-state index contributed by atoms with van der Waals surface area (Å²) in [6.07, 6.45) is 1.77. The van der Waals surface area contributed by atoms with Gasteiger partial charge in [-0.1, -0.05) is 6.07 Å². The zero-order valence-electron chi connectivity index (χ0n) is 9.71. The maximum Gasteiger partial charge on any atom is 0.127 e. The van der Waals surface area contributed by atoms with Crippen LogP contribution >= 0.6 is 11.3 Å². The number of methoxy groups -OCH3 is 2. The Balaban J connectivity index is 2.49. The highest BCUT2D eigenvalue weighted by Gasteiger charge is 2.19. The third-order valence-corrected chi connectivity index (χ3v) is 3.39. The first-order valence-electron chi connectivity index (χ1n) is 5.12. The molecule has 90 valence electrons. The molecule has 2 aromatic rings. The lowest BCUT2D eigenvalue weighted by atomic mass is 10.0. The fourth-order valence-corrected chi connectivity index (χ4v) is 2.34. The Labute approximate surface area is 104 Å². The molecule has 1 atom stereocenters. The minimum Gasteiger partial charge on any atom is -0.496 e. The second-order valence-corrected chi connectivity index (χ2v) is 4.38. The Bertz CT molecular complexity index is 463. The van der Waals surface area contributed by atoms with Crippen LogP contribution in [0.2, 0.25) is 0 Å². The molecule has 0 bridgehead atoms. The van der Waals surface area contributed by atoms with Crippen LogP contribution in [0.1, 0.15) is 16.5 Å². The predicted molar refractivity (Wildman–Crippen MR) is 67.7 cm³/mol. The molecule has 0 aliphatic rings. The van der Waals surface area contributed by atoms with Crippen molar-refractivity contribution in [2.75, 3.05) is 14.2 Å². The average molecular weight is 250 g/mol. The molecule has 0 aliphatic heterocycles. The standard InChI is InChI=1S/C12H14N2O2S/c1-15-8-4-3-5-9(16-2)11(8)12(13)10-6-14-7-17-10/h3-7,12H,13H2,1-2H3. The second-order valence-electron chi connectivity index (χ2n) is 3.46. The van der Waals surface area contributed by atoms with E-state index in [2.05, 4.69) is 4.98 Å². The molecule has 1 unspecified atom stereocenters. The van der Waals surface area contributed by atoms with Gasteiger partial charge in [0.05, 0.1) is 31.3 Å². The monoisotopic (exact) mass is 250 g/mol. The SMILES string of the molecule is COc1cccc(OC)c1C(N)c1cncs1. The first-order chi connectivity index (χ1) is 8.27. The van der Waals surface area contributed by atoms with Crippen LogP contribution in [0, 0.1) is 0 Å². The zero-order valence-corrected chi connectivity index (χ0v) is 10.5. The van der Waals surface area contributed by atoms with Crippen LogP contribution in [-0.4, -0.2) is 19.2 Å². The van der Waals surface area contributed by atoms with Crippen molar-refractivity contribution in [2.45, 2.75) is 6.04 Å². The molecule has 0 radical (unpaired) electrons. The highest BCUT2D eigenvalue weighted by Crippen LogP contribution is 2.36. The number of hydrogen-bond donors (Lipinski definition) is 1. The molecule has 2 N–H and O–H groups in total. The number of rotatable bonds is 4. The fraction of sp³-hybridized carbons (Fsp3) is 0.250. The highest BCUT2D eigenvalue weighted by molar-refractivity contribution is 7.09. The van der Waals surface area contributed by atoms with Crippen LogP contribution in [0.3, 0.4) is 0 Å². The van der Waals surface area contributed by atoms with Crippen molar-refractivity contribution in [1.82, 2.24) is 4.98 Å². The predicted octanol–water partition coefficient (Wildman–Crippen LogP) is 2.21. The minimum absolute atomic E-state index is 0.284. The number of hydrogen-bond acceptors (Lipinski definition) is 5. The fourth-order valence-electron chi connectivity index (χ4n) is 1.71. The molecule has 1 aromatic carbocycles. The van der Waals surface area contributed by atoms with Gasteiger partial charge in [-0.25, -0.2) is 0 Å². The van der Waals surface area contributed by atoms with E-state index in [0.29, 0.717) is 0 Å². The van der Waals surface area contributed by atoms with Crippen LogP contribution < -0.4 is 15.2 Å². The number of benzene rings is 1. The summed E-state index contributed by atoms with van der Waals surface area (Å²) >= 11 is 1.52. The summed E-state index contributed by atoms with van der Waals surface area (Å²) < 4.78 is 10.7. The molecule has 1 heterocycles. The zero-order chi connectivity index (χ0) is 12.3. The van der Waals surface area contributed by atoms with Crippen LogP contribution in [-0.2, 0) is 0 Å². The second kappa shape index (κ2) is 5.16. The largest absolute Gasteiger partial charge is 0.496 e. The molecule has 17 heavy (non-hydrogen) atoms. The quantitative estimate of drug-likeness (QED) is 0.903. The Kier molecular flexibility index (Phi) is 3.61. The van der Waals surface area contributed by atoms with E-state index in [1.54, 1.807) is 25.9 Å². The Morgan fingerprint density at radius 1 is 1.24 bits per heavy atom. The van der Waals surface area contributed by atoms with Crippen molar-refractivity contribution in [1.29, 1.82) is 0 Å². The van der Waals surface area contributed by atoms with E-state index in [9.17, 15) is 0 Å². The molecular formula is C12H14N2O2S. The van der Waals surface area contributed by atoms with Crippen molar-refractivity contribution in [2.24, 2.45) is 5.73 Å². The van der Waals surface area contributed by atoms with E-state index in [-0.39, 0.29) is 6.04 Å². The van der Waals surface area contributed by atoms with E-state index in [1.807, 2.05) is 18.2 Å². The molecule has 5 heteroatoms. The molecular weight excluding hydrogens is 236 g/mol. The van der Waals surface area contributed by atoms with Gasteiger partial charge in [-0.05, 0) is 12.1 Å². The summed E-state index contributed by atoms with van der Waals surface area (Å²) in [5, 5.41) is 0. The van der Waals surface area contributed by atoms with Crippen molar-refractivity contribution in [3.05, 3.63) is 40.3 Å². The first-order valence-corrected chi connectivity index (χ1v) is 6.00. The van der Waals surface area contributed by atoms with Crippen molar-refractivity contribution in [3.63, 3.8) is 0 Å². The summed E-state index contributed by atoms with van der Waals surface area (Å²) in [6.45, 7) is 0. The van der Waals surface area contributed by atoms with E-state index >= 15 is 0 Å². The summed E-state index contributed by atoms with van der Waals surface area (Å²) in [4.78, 5) is 5.02. The van der Waals surface area contributed by atoms with Gasteiger partial charge in [0, 0.05) is 11.1 Å². The van der Waals surface area contributed by atoms with Crippen LogP contribution in [0.4, 0.5) is 0 Å².